The Hall–Kier alpha value is -3.74. The number of urea groups is 1. The lowest BCUT2D eigenvalue weighted by atomic mass is 9.99. The molecule has 6 rings (SSSR count). The maximum absolute atomic E-state index is 13.4. The Morgan fingerprint density at radius 2 is 1.90 bits per heavy atom. The van der Waals surface area contributed by atoms with Gasteiger partial charge in [0, 0.05) is 28.5 Å². The molecule has 2 N–H and O–H groups in total. The zero-order valence-electron chi connectivity index (χ0n) is 16.9. The highest BCUT2D eigenvalue weighted by Gasteiger charge is 2.52. The Labute approximate surface area is 178 Å². The van der Waals surface area contributed by atoms with Crippen LogP contribution < -0.4 is 5.32 Å². The highest BCUT2D eigenvalue weighted by molar-refractivity contribution is 6.00. The lowest BCUT2D eigenvalue weighted by Gasteiger charge is -2.36. The van der Waals surface area contributed by atoms with Gasteiger partial charge in [0.05, 0.1) is 17.6 Å². The van der Waals surface area contributed by atoms with Gasteiger partial charge in [-0.15, -0.1) is 0 Å². The number of fused-ring (bicyclic) bond motifs is 2. The summed E-state index contributed by atoms with van der Waals surface area (Å²) in [5.41, 5.74) is 6.11. The number of carbonyl (C=O) groups is 1. The van der Waals surface area contributed by atoms with Crippen molar-refractivity contribution in [3.05, 3.63) is 77.4 Å². The lowest BCUT2D eigenvalue weighted by molar-refractivity contribution is 0.171. The van der Waals surface area contributed by atoms with E-state index in [-0.39, 0.29) is 17.4 Å². The fraction of sp³-hybridized carbons (Fsp3) is 0.208. The number of rotatable bonds is 3. The summed E-state index contributed by atoms with van der Waals surface area (Å²) in [6, 6.07) is 14.4. The molecular formula is C24H20FN5O. The van der Waals surface area contributed by atoms with Crippen molar-refractivity contribution < 1.29 is 9.18 Å². The van der Waals surface area contributed by atoms with Crippen LogP contribution in [0.5, 0.6) is 0 Å². The van der Waals surface area contributed by atoms with Gasteiger partial charge in [-0.3, -0.25) is 10.1 Å². The number of nitrogens with zero attached hydrogens (tertiary/aromatic N) is 3. The third kappa shape index (κ3) is 2.80. The van der Waals surface area contributed by atoms with Gasteiger partial charge >= 0.3 is 6.03 Å². The molecule has 154 valence electrons. The van der Waals surface area contributed by atoms with Crippen LogP contribution in [-0.4, -0.2) is 26.1 Å². The fourth-order valence-electron chi connectivity index (χ4n) is 4.63. The molecule has 1 aliphatic carbocycles. The number of aromatic nitrogens is 3. The van der Waals surface area contributed by atoms with E-state index >= 15 is 0 Å². The van der Waals surface area contributed by atoms with Crippen molar-refractivity contribution in [1.29, 1.82) is 0 Å². The molecule has 1 fully saturated rings. The van der Waals surface area contributed by atoms with Crippen LogP contribution in [-0.2, 0) is 12.1 Å². The molecule has 2 aliphatic rings. The van der Waals surface area contributed by atoms with Crippen molar-refractivity contribution in [1.82, 2.24) is 20.1 Å². The van der Waals surface area contributed by atoms with Gasteiger partial charge in [0.2, 0.25) is 0 Å². The molecule has 3 heterocycles. The Kier molecular flexibility index (Phi) is 3.72. The first-order chi connectivity index (χ1) is 15.0. The summed E-state index contributed by atoms with van der Waals surface area (Å²) in [6.07, 6.45) is 3.53. The number of anilines is 1. The minimum Gasteiger partial charge on any atom is -0.310 e. The van der Waals surface area contributed by atoms with Crippen LogP contribution in [0.15, 0.2) is 54.7 Å². The van der Waals surface area contributed by atoms with E-state index in [0.29, 0.717) is 6.54 Å². The Morgan fingerprint density at radius 1 is 1.10 bits per heavy atom. The number of hydrogen-bond donors (Lipinski definition) is 2. The number of H-pyrrole nitrogens is 1. The summed E-state index contributed by atoms with van der Waals surface area (Å²) in [5.74, 6) is -0.269. The predicted octanol–water partition coefficient (Wildman–Crippen LogP) is 5.11. The van der Waals surface area contributed by atoms with Gasteiger partial charge in [0.1, 0.15) is 11.5 Å². The van der Waals surface area contributed by atoms with Crippen LogP contribution in [0, 0.1) is 12.7 Å². The quantitative estimate of drug-likeness (QED) is 0.490. The van der Waals surface area contributed by atoms with E-state index in [1.807, 2.05) is 30.0 Å². The lowest BCUT2D eigenvalue weighted by Crippen LogP contribution is -2.45. The minimum atomic E-state index is -0.369. The first-order valence-electron chi connectivity index (χ1n) is 10.3. The van der Waals surface area contributed by atoms with Crippen LogP contribution in [0.2, 0.25) is 0 Å². The average Bonchev–Trinajstić information content (AvgIpc) is 3.46. The number of hydrogen-bond acceptors (Lipinski definition) is 3. The first kappa shape index (κ1) is 18.1. The molecule has 0 bridgehead atoms. The number of aryl methyl sites for hydroxylation is 1. The highest BCUT2D eigenvalue weighted by Crippen LogP contribution is 2.53. The van der Waals surface area contributed by atoms with E-state index in [4.69, 9.17) is 0 Å². The molecule has 1 aliphatic heterocycles. The molecule has 2 aromatic carbocycles. The van der Waals surface area contributed by atoms with Gasteiger partial charge in [-0.25, -0.2) is 9.18 Å². The van der Waals surface area contributed by atoms with Crippen LogP contribution in [0.4, 0.5) is 14.9 Å². The number of aromatic amines is 1. The van der Waals surface area contributed by atoms with Crippen LogP contribution in [0.3, 0.4) is 0 Å². The maximum atomic E-state index is 13.4. The second-order valence-corrected chi connectivity index (χ2v) is 8.37. The van der Waals surface area contributed by atoms with E-state index < -0.39 is 0 Å². The van der Waals surface area contributed by atoms with E-state index in [2.05, 4.69) is 26.6 Å². The topological polar surface area (TPSA) is 73.9 Å². The molecule has 0 spiro atoms. The summed E-state index contributed by atoms with van der Waals surface area (Å²) in [7, 11) is 0. The average molecular weight is 413 g/mol. The first-order valence-corrected chi connectivity index (χ1v) is 10.3. The second-order valence-electron chi connectivity index (χ2n) is 8.37. The van der Waals surface area contributed by atoms with Crippen LogP contribution in [0.25, 0.3) is 22.2 Å². The molecule has 0 atom stereocenters. The highest BCUT2D eigenvalue weighted by atomic mass is 19.1. The third-order valence-electron chi connectivity index (χ3n) is 6.39. The number of pyridine rings is 1. The monoisotopic (exact) mass is 413 g/mol. The van der Waals surface area contributed by atoms with Gasteiger partial charge in [0.15, 0.2) is 0 Å². The predicted molar refractivity (Wildman–Crippen MR) is 116 cm³/mol. The van der Waals surface area contributed by atoms with E-state index in [9.17, 15) is 9.18 Å². The van der Waals surface area contributed by atoms with Crippen molar-refractivity contribution in [2.75, 3.05) is 5.32 Å². The Balaban J connectivity index is 1.41. The molecule has 7 heteroatoms. The summed E-state index contributed by atoms with van der Waals surface area (Å²) in [6.45, 7) is 2.45. The van der Waals surface area contributed by atoms with Crippen molar-refractivity contribution in [3.8, 4) is 11.3 Å². The van der Waals surface area contributed by atoms with Gasteiger partial charge in [-0.05, 0) is 67.3 Å². The summed E-state index contributed by atoms with van der Waals surface area (Å²) < 4.78 is 13.4. The molecule has 1 saturated carbocycles. The number of nitrogens with one attached hydrogen (secondary N) is 2. The van der Waals surface area contributed by atoms with Crippen molar-refractivity contribution in [3.63, 3.8) is 0 Å². The number of benzene rings is 2. The Bertz CT molecular complexity index is 1340. The summed E-state index contributed by atoms with van der Waals surface area (Å²) in [5, 5.41) is 11.7. The summed E-state index contributed by atoms with van der Waals surface area (Å²) >= 11 is 0. The molecule has 4 aromatic rings. The zero-order chi connectivity index (χ0) is 21.2. The normalized spacial score (nSPS) is 16.8. The van der Waals surface area contributed by atoms with Gasteiger partial charge in [0.25, 0.3) is 0 Å². The Morgan fingerprint density at radius 3 is 2.65 bits per heavy atom. The minimum absolute atomic E-state index is 0.127. The van der Waals surface area contributed by atoms with Gasteiger partial charge in [-0.1, -0.05) is 12.1 Å². The SMILES string of the molecule is Cc1cc(-c2n[nH]c3cc4c(cc23)CN(C2(c3ccc(F)cc3)CC2)C(=O)N4)ccn1. The number of halogens is 1. The third-order valence-corrected chi connectivity index (χ3v) is 6.39. The van der Waals surface area contributed by atoms with E-state index in [0.717, 1.165) is 57.5 Å². The van der Waals surface area contributed by atoms with Crippen molar-refractivity contribution in [2.45, 2.75) is 31.8 Å². The van der Waals surface area contributed by atoms with Crippen molar-refractivity contribution in [2.24, 2.45) is 0 Å². The van der Waals surface area contributed by atoms with E-state index in [1.54, 1.807) is 18.3 Å². The zero-order valence-corrected chi connectivity index (χ0v) is 16.9. The molecular weight excluding hydrogens is 393 g/mol. The molecule has 31 heavy (non-hydrogen) atoms. The molecule has 0 radical (unpaired) electrons. The van der Waals surface area contributed by atoms with Crippen molar-refractivity contribution >= 4 is 22.6 Å². The van der Waals surface area contributed by atoms with E-state index in [1.165, 1.54) is 12.1 Å². The smallest absolute Gasteiger partial charge is 0.310 e. The number of amides is 2. The molecule has 2 aromatic heterocycles. The second kappa shape index (κ2) is 6.38. The standard InChI is InChI=1S/C24H20FN5O/c1-14-10-15(6-9-26-14)22-19-11-16-13-30(23(31)27-20(16)12-21(19)28-29-22)24(7-8-24)17-2-4-18(25)5-3-17/h2-6,9-12H,7-8,13H2,1H3,(H,27,31)(H,28,29). The number of carbonyl (C=O) groups excluding carboxylic acids is 1. The molecule has 0 saturated heterocycles. The van der Waals surface area contributed by atoms with Gasteiger partial charge in [-0.2, -0.15) is 5.10 Å². The molecule has 0 unspecified atom stereocenters. The molecule has 6 nitrogen and oxygen atoms in total. The fourth-order valence-corrected chi connectivity index (χ4v) is 4.63. The van der Waals surface area contributed by atoms with Crippen LogP contribution >= 0.6 is 0 Å². The molecule has 2 amide bonds. The van der Waals surface area contributed by atoms with Crippen LogP contribution in [0.1, 0.15) is 29.7 Å². The summed E-state index contributed by atoms with van der Waals surface area (Å²) in [4.78, 5) is 19.1. The maximum Gasteiger partial charge on any atom is 0.322 e. The van der Waals surface area contributed by atoms with Gasteiger partial charge < -0.3 is 10.2 Å². The largest absolute Gasteiger partial charge is 0.322 e.